The molecule has 0 radical (unpaired) electrons. The number of anilines is 1. The molecule has 0 unspecified atom stereocenters. The Balaban J connectivity index is 2.05. The minimum atomic E-state index is -0.777. The summed E-state index contributed by atoms with van der Waals surface area (Å²) in [7, 11) is 0. The Morgan fingerprint density at radius 2 is 1.84 bits per heavy atom. The number of nitrogens with zero attached hydrogens (tertiary/aromatic N) is 2. The van der Waals surface area contributed by atoms with Gasteiger partial charge >= 0.3 is 5.97 Å². The number of para-hydroxylation sites is 1. The molecule has 0 fully saturated rings. The number of amides is 1. The van der Waals surface area contributed by atoms with Crippen LogP contribution in [-0.4, -0.2) is 30.0 Å². The number of hydrogen-bond acceptors (Lipinski definition) is 5. The van der Waals surface area contributed by atoms with Gasteiger partial charge in [0.2, 0.25) is 0 Å². The molecule has 0 aliphatic rings. The first kappa shape index (κ1) is 18.1. The highest BCUT2D eigenvalue weighted by molar-refractivity contribution is 5.97. The minimum Gasteiger partial charge on any atom is -0.452 e. The van der Waals surface area contributed by atoms with Crippen molar-refractivity contribution in [2.45, 2.75) is 13.8 Å². The molecule has 0 heterocycles. The molecule has 0 bridgehead atoms. The van der Waals surface area contributed by atoms with E-state index in [0.29, 0.717) is 17.8 Å². The molecule has 0 aliphatic carbocycles. The molecule has 2 aromatic carbocycles. The lowest BCUT2D eigenvalue weighted by molar-refractivity contribution is -0.385. The maximum atomic E-state index is 12.3. The predicted octanol–water partition coefficient (Wildman–Crippen LogP) is 3.11. The Morgan fingerprint density at radius 1 is 1.16 bits per heavy atom. The zero-order valence-electron chi connectivity index (χ0n) is 14.0. The summed E-state index contributed by atoms with van der Waals surface area (Å²) in [6, 6.07) is 13.1. The molecule has 0 aromatic heterocycles. The van der Waals surface area contributed by atoms with Crippen LogP contribution in [-0.2, 0) is 9.53 Å². The number of nitro benzene ring substituents is 1. The summed E-state index contributed by atoms with van der Waals surface area (Å²) in [6.45, 7) is 3.38. The Kier molecular flexibility index (Phi) is 5.84. The number of rotatable bonds is 6. The second-order valence-corrected chi connectivity index (χ2v) is 5.31. The number of aryl methyl sites for hydroxylation is 1. The quantitative estimate of drug-likeness (QED) is 0.457. The standard InChI is InChI=1S/C18H18N2O5/c1-3-19(15-7-5-4-6-8-15)17(21)12-25-18(22)14-10-9-13(2)16(11-14)20(23)24/h4-11H,3,12H2,1-2H3. The third kappa shape index (κ3) is 4.41. The number of carbonyl (C=O) groups is 2. The van der Waals surface area contributed by atoms with Gasteiger partial charge in [0.15, 0.2) is 6.61 Å². The molecule has 0 aliphatic heterocycles. The van der Waals surface area contributed by atoms with Gasteiger partial charge in [0, 0.05) is 23.9 Å². The van der Waals surface area contributed by atoms with E-state index < -0.39 is 17.5 Å². The molecule has 2 aromatic rings. The summed E-state index contributed by atoms with van der Waals surface area (Å²) in [5.74, 6) is -1.15. The molecule has 0 atom stereocenters. The van der Waals surface area contributed by atoms with Crippen molar-refractivity contribution in [1.82, 2.24) is 0 Å². The normalized spacial score (nSPS) is 10.2. The lowest BCUT2D eigenvalue weighted by atomic mass is 10.1. The second-order valence-electron chi connectivity index (χ2n) is 5.31. The number of benzene rings is 2. The lowest BCUT2D eigenvalue weighted by Gasteiger charge is -2.20. The van der Waals surface area contributed by atoms with Crippen molar-refractivity contribution in [2.75, 3.05) is 18.1 Å². The third-order valence-electron chi connectivity index (χ3n) is 3.65. The van der Waals surface area contributed by atoms with Crippen LogP contribution in [0.3, 0.4) is 0 Å². The van der Waals surface area contributed by atoms with Gasteiger partial charge in [0.1, 0.15) is 0 Å². The highest BCUT2D eigenvalue weighted by Crippen LogP contribution is 2.20. The van der Waals surface area contributed by atoms with Crippen LogP contribution in [0.1, 0.15) is 22.8 Å². The van der Waals surface area contributed by atoms with E-state index in [2.05, 4.69) is 0 Å². The summed E-state index contributed by atoms with van der Waals surface area (Å²) in [5.41, 5.74) is 1.02. The average Bonchev–Trinajstić information content (AvgIpc) is 2.61. The first-order valence-corrected chi connectivity index (χ1v) is 7.71. The SMILES string of the molecule is CCN(C(=O)COC(=O)c1ccc(C)c([N+](=O)[O-])c1)c1ccccc1. The second kappa shape index (κ2) is 8.05. The van der Waals surface area contributed by atoms with Gasteiger partial charge in [-0.25, -0.2) is 4.79 Å². The highest BCUT2D eigenvalue weighted by atomic mass is 16.6. The Bertz CT molecular complexity index is 789. The van der Waals surface area contributed by atoms with Crippen molar-refractivity contribution in [2.24, 2.45) is 0 Å². The van der Waals surface area contributed by atoms with Crippen LogP contribution < -0.4 is 4.90 Å². The van der Waals surface area contributed by atoms with Crippen LogP contribution in [0.15, 0.2) is 48.5 Å². The van der Waals surface area contributed by atoms with E-state index in [9.17, 15) is 19.7 Å². The van der Waals surface area contributed by atoms with Crippen molar-refractivity contribution >= 4 is 23.3 Å². The summed E-state index contributed by atoms with van der Waals surface area (Å²) in [5, 5.41) is 10.9. The van der Waals surface area contributed by atoms with Crippen LogP contribution in [0.2, 0.25) is 0 Å². The summed E-state index contributed by atoms with van der Waals surface area (Å²) in [6.07, 6.45) is 0. The molecule has 0 saturated carbocycles. The maximum absolute atomic E-state index is 12.3. The first-order chi connectivity index (χ1) is 11.9. The Hall–Kier alpha value is -3.22. The van der Waals surface area contributed by atoms with Gasteiger partial charge in [-0.1, -0.05) is 24.3 Å². The van der Waals surface area contributed by atoms with Crippen LogP contribution in [0.25, 0.3) is 0 Å². The van der Waals surface area contributed by atoms with E-state index in [0.717, 1.165) is 6.07 Å². The molecule has 0 spiro atoms. The van der Waals surface area contributed by atoms with Crippen molar-refractivity contribution in [3.8, 4) is 0 Å². The fourth-order valence-corrected chi connectivity index (χ4v) is 2.33. The van der Waals surface area contributed by atoms with E-state index in [1.807, 2.05) is 25.1 Å². The zero-order valence-corrected chi connectivity index (χ0v) is 14.0. The van der Waals surface area contributed by atoms with Crippen molar-refractivity contribution in [3.63, 3.8) is 0 Å². The fourth-order valence-electron chi connectivity index (χ4n) is 2.33. The van der Waals surface area contributed by atoms with E-state index in [4.69, 9.17) is 4.74 Å². The smallest absolute Gasteiger partial charge is 0.338 e. The van der Waals surface area contributed by atoms with Gasteiger partial charge < -0.3 is 9.64 Å². The third-order valence-corrected chi connectivity index (χ3v) is 3.65. The number of carbonyl (C=O) groups excluding carboxylic acids is 2. The van der Waals surface area contributed by atoms with Gasteiger partial charge in [0.05, 0.1) is 10.5 Å². The topological polar surface area (TPSA) is 89.8 Å². The summed E-state index contributed by atoms with van der Waals surface area (Å²) >= 11 is 0. The van der Waals surface area contributed by atoms with Crippen LogP contribution in [0, 0.1) is 17.0 Å². The molecule has 25 heavy (non-hydrogen) atoms. The molecule has 7 nitrogen and oxygen atoms in total. The number of hydrogen-bond donors (Lipinski definition) is 0. The number of likely N-dealkylation sites (N-methyl/N-ethyl adjacent to an activating group) is 1. The highest BCUT2D eigenvalue weighted by Gasteiger charge is 2.19. The Labute approximate surface area is 145 Å². The summed E-state index contributed by atoms with van der Waals surface area (Å²) < 4.78 is 5.02. The summed E-state index contributed by atoms with van der Waals surface area (Å²) in [4.78, 5) is 36.2. The maximum Gasteiger partial charge on any atom is 0.338 e. The first-order valence-electron chi connectivity index (χ1n) is 7.71. The molecule has 1 amide bonds. The van der Waals surface area contributed by atoms with Crippen LogP contribution in [0.5, 0.6) is 0 Å². The van der Waals surface area contributed by atoms with Crippen molar-refractivity contribution in [3.05, 3.63) is 69.8 Å². The average molecular weight is 342 g/mol. The van der Waals surface area contributed by atoms with E-state index in [1.165, 1.54) is 17.0 Å². The number of ether oxygens (including phenoxy) is 1. The van der Waals surface area contributed by atoms with Gasteiger partial charge in [-0.05, 0) is 32.0 Å². The molecule has 7 heteroatoms. The fraction of sp³-hybridized carbons (Fsp3) is 0.222. The molecule has 130 valence electrons. The molecule has 0 saturated heterocycles. The largest absolute Gasteiger partial charge is 0.452 e. The molecular formula is C18H18N2O5. The van der Waals surface area contributed by atoms with Crippen molar-refractivity contribution in [1.29, 1.82) is 0 Å². The Morgan fingerprint density at radius 3 is 2.44 bits per heavy atom. The van der Waals surface area contributed by atoms with Crippen LogP contribution in [0.4, 0.5) is 11.4 Å². The predicted molar refractivity (Wildman–Crippen MR) is 92.6 cm³/mol. The number of esters is 1. The minimum absolute atomic E-state index is 0.0351. The zero-order chi connectivity index (χ0) is 18.4. The van der Waals surface area contributed by atoms with Crippen molar-refractivity contribution < 1.29 is 19.2 Å². The van der Waals surface area contributed by atoms with Gasteiger partial charge in [-0.2, -0.15) is 0 Å². The molecule has 0 N–H and O–H groups in total. The van der Waals surface area contributed by atoms with Crippen LogP contribution >= 0.6 is 0 Å². The van der Waals surface area contributed by atoms with Gasteiger partial charge in [0.25, 0.3) is 11.6 Å². The van der Waals surface area contributed by atoms with E-state index in [-0.39, 0.29) is 17.2 Å². The monoisotopic (exact) mass is 342 g/mol. The molecular weight excluding hydrogens is 324 g/mol. The van der Waals surface area contributed by atoms with E-state index in [1.54, 1.807) is 19.1 Å². The number of nitro groups is 1. The van der Waals surface area contributed by atoms with E-state index >= 15 is 0 Å². The van der Waals surface area contributed by atoms with Gasteiger partial charge in [-0.15, -0.1) is 0 Å². The lowest BCUT2D eigenvalue weighted by Crippen LogP contribution is -2.34. The molecule has 2 rings (SSSR count). The van der Waals surface area contributed by atoms with Gasteiger partial charge in [-0.3, -0.25) is 14.9 Å².